The number of halogens is 2. The molecule has 0 saturated carbocycles. The monoisotopic (exact) mass is 423 g/mol. The largest absolute Gasteiger partial charge is 0.347 e. The van der Waals surface area contributed by atoms with Crippen molar-refractivity contribution in [2.24, 2.45) is 0 Å². The van der Waals surface area contributed by atoms with Crippen LogP contribution in [-0.4, -0.2) is 36.4 Å². The highest BCUT2D eigenvalue weighted by Crippen LogP contribution is 2.37. The maximum atomic E-state index is 12.6. The van der Waals surface area contributed by atoms with Crippen LogP contribution in [0.1, 0.15) is 28.9 Å². The van der Waals surface area contributed by atoms with Crippen molar-refractivity contribution in [1.82, 2.24) is 10.6 Å². The molecule has 0 spiro atoms. The molecule has 0 aliphatic carbocycles. The molecular formula is C19H19F2N3O2S2. The van der Waals surface area contributed by atoms with Crippen LogP contribution in [0.3, 0.4) is 0 Å². The number of anilines is 1. The second-order valence-corrected chi connectivity index (χ2v) is 9.30. The van der Waals surface area contributed by atoms with Crippen LogP contribution < -0.4 is 16.0 Å². The Morgan fingerprint density at radius 2 is 2.00 bits per heavy atom. The topological polar surface area (TPSA) is 70.2 Å². The van der Waals surface area contributed by atoms with Crippen LogP contribution in [0.25, 0.3) is 0 Å². The zero-order valence-electron chi connectivity index (χ0n) is 14.8. The van der Waals surface area contributed by atoms with Gasteiger partial charge in [0, 0.05) is 23.0 Å². The number of thiophene rings is 1. The summed E-state index contributed by atoms with van der Waals surface area (Å²) in [5.74, 6) is -1.42. The standard InChI is InChI=1S/C19H19F2N3O2S2/c20-17(21)19(26)23-12-3-1-2-4-14(12)27-16-8-7-15(28-16)18(25)24-13-9-10-5-6-11(13)22-10/h1-4,7-8,10-11,13,17,22H,5-6,9H2,(H,23,26)(H,24,25). The van der Waals surface area contributed by atoms with E-state index in [1.54, 1.807) is 30.3 Å². The molecule has 9 heteroatoms. The van der Waals surface area contributed by atoms with E-state index in [0.717, 1.165) is 17.1 Å². The molecule has 2 aliphatic heterocycles. The van der Waals surface area contributed by atoms with Crippen LogP contribution in [0.4, 0.5) is 14.5 Å². The highest BCUT2D eigenvalue weighted by atomic mass is 32.2. The molecule has 2 fully saturated rings. The van der Waals surface area contributed by atoms with E-state index in [9.17, 15) is 18.4 Å². The zero-order chi connectivity index (χ0) is 19.7. The van der Waals surface area contributed by atoms with Crippen molar-refractivity contribution in [1.29, 1.82) is 0 Å². The van der Waals surface area contributed by atoms with Gasteiger partial charge in [-0.15, -0.1) is 11.3 Å². The molecule has 2 aliphatic rings. The Morgan fingerprint density at radius 3 is 2.71 bits per heavy atom. The first kappa shape index (κ1) is 19.4. The zero-order valence-corrected chi connectivity index (χ0v) is 16.4. The quantitative estimate of drug-likeness (QED) is 0.662. The molecule has 3 atom stereocenters. The Kier molecular flexibility index (Phi) is 5.65. The fourth-order valence-corrected chi connectivity index (χ4v) is 5.75. The van der Waals surface area contributed by atoms with Crippen LogP contribution in [0.5, 0.6) is 0 Å². The van der Waals surface area contributed by atoms with Crippen molar-refractivity contribution >= 4 is 40.6 Å². The van der Waals surface area contributed by atoms with Gasteiger partial charge in [-0.3, -0.25) is 9.59 Å². The van der Waals surface area contributed by atoms with Gasteiger partial charge in [-0.05, 0) is 43.5 Å². The fraction of sp³-hybridized carbons (Fsp3) is 0.368. The minimum Gasteiger partial charge on any atom is -0.347 e. The maximum Gasteiger partial charge on any atom is 0.315 e. The number of carbonyl (C=O) groups is 2. The number of benzene rings is 1. The highest BCUT2D eigenvalue weighted by molar-refractivity contribution is 8.01. The summed E-state index contributed by atoms with van der Waals surface area (Å²) in [4.78, 5) is 25.1. The summed E-state index contributed by atoms with van der Waals surface area (Å²) >= 11 is 2.67. The lowest BCUT2D eigenvalue weighted by Gasteiger charge is -2.20. The lowest BCUT2D eigenvalue weighted by molar-refractivity contribution is -0.126. The van der Waals surface area contributed by atoms with Gasteiger partial charge in [0.25, 0.3) is 11.8 Å². The van der Waals surface area contributed by atoms with Crippen molar-refractivity contribution in [3.05, 3.63) is 41.3 Å². The Bertz CT molecular complexity index is 890. The second kappa shape index (κ2) is 8.18. The molecule has 5 nitrogen and oxygen atoms in total. The minimum absolute atomic E-state index is 0.0875. The van der Waals surface area contributed by atoms with Crippen LogP contribution in [0.2, 0.25) is 0 Å². The third-order valence-electron chi connectivity index (χ3n) is 4.98. The van der Waals surface area contributed by atoms with Gasteiger partial charge in [-0.1, -0.05) is 23.9 Å². The minimum atomic E-state index is -3.07. The first-order chi connectivity index (χ1) is 13.5. The summed E-state index contributed by atoms with van der Waals surface area (Å²) in [5, 5.41) is 8.84. The normalized spacial score (nSPS) is 23.2. The fourth-order valence-electron chi connectivity index (χ4n) is 3.67. The lowest BCUT2D eigenvalue weighted by Crippen LogP contribution is -2.42. The van der Waals surface area contributed by atoms with Gasteiger partial charge >= 0.3 is 6.43 Å². The molecule has 4 rings (SSSR count). The molecule has 2 saturated heterocycles. The predicted octanol–water partition coefficient (Wildman–Crippen LogP) is 3.73. The van der Waals surface area contributed by atoms with Gasteiger partial charge in [0.15, 0.2) is 0 Å². The molecule has 0 radical (unpaired) electrons. The third-order valence-corrected chi connectivity index (χ3v) is 7.27. The van der Waals surface area contributed by atoms with Gasteiger partial charge in [0.05, 0.1) is 14.8 Å². The van der Waals surface area contributed by atoms with Crippen molar-refractivity contribution in [2.45, 2.75) is 52.9 Å². The SMILES string of the molecule is O=C(NC1CC2CCC1N2)c1ccc(Sc2ccccc2NC(=O)C(F)F)s1. The number of fused-ring (bicyclic) bond motifs is 2. The Labute approximate surface area is 169 Å². The number of nitrogens with one attached hydrogen (secondary N) is 3. The number of amides is 2. The first-order valence-corrected chi connectivity index (χ1v) is 10.7. The Balaban J connectivity index is 1.41. The van der Waals surface area contributed by atoms with Crippen LogP contribution in [-0.2, 0) is 4.79 Å². The van der Waals surface area contributed by atoms with E-state index in [1.807, 2.05) is 6.07 Å². The second-order valence-electron chi connectivity index (χ2n) is 6.87. The summed E-state index contributed by atoms with van der Waals surface area (Å²) in [6.45, 7) is 0. The molecule has 3 unspecified atom stereocenters. The predicted molar refractivity (Wildman–Crippen MR) is 105 cm³/mol. The molecule has 1 aromatic heterocycles. The molecule has 3 N–H and O–H groups in total. The van der Waals surface area contributed by atoms with E-state index in [2.05, 4.69) is 16.0 Å². The molecule has 2 aromatic rings. The number of alkyl halides is 2. The smallest absolute Gasteiger partial charge is 0.315 e. The van der Waals surface area contributed by atoms with E-state index in [4.69, 9.17) is 0 Å². The van der Waals surface area contributed by atoms with E-state index in [1.165, 1.54) is 29.5 Å². The first-order valence-electron chi connectivity index (χ1n) is 9.02. The summed E-state index contributed by atoms with van der Waals surface area (Å²) in [7, 11) is 0. The van der Waals surface area contributed by atoms with E-state index in [-0.39, 0.29) is 11.9 Å². The Hall–Kier alpha value is -1.97. The Morgan fingerprint density at radius 1 is 1.18 bits per heavy atom. The summed E-state index contributed by atoms with van der Waals surface area (Å²) < 4.78 is 25.9. The van der Waals surface area contributed by atoms with Gasteiger partial charge in [-0.2, -0.15) is 8.78 Å². The maximum absolute atomic E-state index is 12.6. The molecular weight excluding hydrogens is 404 g/mol. The number of hydrogen-bond donors (Lipinski definition) is 3. The van der Waals surface area contributed by atoms with Crippen molar-refractivity contribution in [3.63, 3.8) is 0 Å². The third kappa shape index (κ3) is 4.21. The van der Waals surface area contributed by atoms with E-state index >= 15 is 0 Å². The van der Waals surface area contributed by atoms with Crippen LogP contribution >= 0.6 is 23.1 Å². The van der Waals surface area contributed by atoms with Crippen molar-refractivity contribution in [2.75, 3.05) is 5.32 Å². The number of carbonyl (C=O) groups excluding carboxylic acids is 2. The van der Waals surface area contributed by atoms with E-state index in [0.29, 0.717) is 27.5 Å². The van der Waals surface area contributed by atoms with Gasteiger partial charge < -0.3 is 16.0 Å². The highest BCUT2D eigenvalue weighted by Gasteiger charge is 2.39. The lowest BCUT2D eigenvalue weighted by atomic mass is 9.95. The van der Waals surface area contributed by atoms with Crippen LogP contribution in [0.15, 0.2) is 45.5 Å². The van der Waals surface area contributed by atoms with Gasteiger partial charge in [0.2, 0.25) is 0 Å². The number of hydrogen-bond acceptors (Lipinski definition) is 5. The molecule has 1 aromatic carbocycles. The summed E-state index contributed by atoms with van der Waals surface area (Å²) in [6.07, 6.45) is 0.178. The molecule has 2 bridgehead atoms. The van der Waals surface area contributed by atoms with Gasteiger partial charge in [-0.25, -0.2) is 0 Å². The van der Waals surface area contributed by atoms with E-state index < -0.39 is 12.3 Å². The van der Waals surface area contributed by atoms with Crippen molar-refractivity contribution in [3.8, 4) is 0 Å². The molecule has 2 amide bonds. The number of para-hydroxylation sites is 1. The summed E-state index contributed by atoms with van der Waals surface area (Å²) in [5.41, 5.74) is 0.324. The summed E-state index contributed by atoms with van der Waals surface area (Å²) in [6, 6.07) is 11.4. The molecule has 28 heavy (non-hydrogen) atoms. The molecule has 3 heterocycles. The average Bonchev–Trinajstić information content (AvgIpc) is 3.40. The van der Waals surface area contributed by atoms with Gasteiger partial charge in [0.1, 0.15) is 0 Å². The number of rotatable bonds is 6. The van der Waals surface area contributed by atoms with Crippen LogP contribution in [0, 0.1) is 0 Å². The van der Waals surface area contributed by atoms with Crippen molar-refractivity contribution < 1.29 is 18.4 Å². The average molecular weight is 424 g/mol. The molecule has 148 valence electrons.